The van der Waals surface area contributed by atoms with Crippen molar-refractivity contribution in [2.24, 2.45) is 0 Å². The molecule has 0 aliphatic rings. The Morgan fingerprint density at radius 1 is 1.03 bits per heavy atom. The van der Waals surface area contributed by atoms with Crippen LogP contribution >= 0.6 is 11.6 Å². The molecule has 0 radical (unpaired) electrons. The summed E-state index contributed by atoms with van der Waals surface area (Å²) in [5, 5.41) is 3.42. The number of hydrogen-bond acceptors (Lipinski definition) is 3. The Kier molecular flexibility index (Phi) is 10.1. The van der Waals surface area contributed by atoms with Crippen LogP contribution in [0.5, 0.6) is 5.75 Å². The zero-order valence-corrected chi connectivity index (χ0v) is 20.5. The van der Waals surface area contributed by atoms with Gasteiger partial charge in [-0.2, -0.15) is 0 Å². The van der Waals surface area contributed by atoms with Crippen LogP contribution in [-0.2, 0) is 22.6 Å². The highest BCUT2D eigenvalue weighted by Crippen LogP contribution is 2.19. The molecule has 0 aliphatic carbocycles. The van der Waals surface area contributed by atoms with Gasteiger partial charge >= 0.3 is 0 Å². The van der Waals surface area contributed by atoms with Crippen molar-refractivity contribution >= 4 is 23.4 Å². The third-order valence-corrected chi connectivity index (χ3v) is 5.79. The molecule has 0 aliphatic heterocycles. The molecule has 7 heteroatoms. The van der Waals surface area contributed by atoms with Crippen LogP contribution in [0.25, 0.3) is 0 Å². The lowest BCUT2D eigenvalue weighted by Gasteiger charge is -2.31. The van der Waals surface area contributed by atoms with Crippen LogP contribution in [0.1, 0.15) is 30.9 Å². The maximum atomic E-state index is 14.6. The van der Waals surface area contributed by atoms with Crippen molar-refractivity contribution in [3.8, 4) is 5.75 Å². The normalized spacial score (nSPS) is 11.5. The molecule has 3 aromatic rings. The van der Waals surface area contributed by atoms with Crippen LogP contribution in [0, 0.1) is 5.82 Å². The van der Waals surface area contributed by atoms with E-state index in [0.717, 1.165) is 18.4 Å². The summed E-state index contributed by atoms with van der Waals surface area (Å²) in [6, 6.07) is 21.6. The molecule has 0 saturated carbocycles. The molecule has 184 valence electrons. The van der Waals surface area contributed by atoms with Crippen LogP contribution in [-0.4, -0.2) is 35.9 Å². The van der Waals surface area contributed by atoms with Crippen molar-refractivity contribution in [1.82, 2.24) is 10.2 Å². The molecule has 0 heterocycles. The van der Waals surface area contributed by atoms with Crippen LogP contribution in [0.4, 0.5) is 4.39 Å². The molecule has 0 spiro atoms. The van der Waals surface area contributed by atoms with Gasteiger partial charge in [0.05, 0.1) is 0 Å². The van der Waals surface area contributed by atoms with Gasteiger partial charge in [-0.25, -0.2) is 4.39 Å². The number of nitrogens with one attached hydrogen (secondary N) is 1. The number of ether oxygens (including phenoxy) is 1. The van der Waals surface area contributed by atoms with E-state index in [1.54, 1.807) is 42.5 Å². The van der Waals surface area contributed by atoms with Crippen molar-refractivity contribution < 1.29 is 18.7 Å². The lowest BCUT2D eigenvalue weighted by Crippen LogP contribution is -2.52. The van der Waals surface area contributed by atoms with Gasteiger partial charge in [-0.05, 0) is 36.2 Å². The first-order valence-electron chi connectivity index (χ1n) is 11.7. The zero-order valence-electron chi connectivity index (χ0n) is 19.8. The smallest absolute Gasteiger partial charge is 0.261 e. The van der Waals surface area contributed by atoms with E-state index in [1.165, 1.54) is 11.0 Å². The van der Waals surface area contributed by atoms with Crippen molar-refractivity contribution in [3.05, 3.63) is 101 Å². The number of nitrogens with zero attached hydrogens (tertiary/aromatic N) is 1. The predicted molar refractivity (Wildman–Crippen MR) is 136 cm³/mol. The first-order valence-corrected chi connectivity index (χ1v) is 12.1. The molecule has 0 aromatic heterocycles. The summed E-state index contributed by atoms with van der Waals surface area (Å²) < 4.78 is 20.2. The Labute approximate surface area is 210 Å². The fourth-order valence-corrected chi connectivity index (χ4v) is 3.84. The van der Waals surface area contributed by atoms with Crippen LogP contribution in [0.3, 0.4) is 0 Å². The average Bonchev–Trinajstić information content (AvgIpc) is 2.86. The van der Waals surface area contributed by atoms with Crippen LogP contribution < -0.4 is 10.1 Å². The van der Waals surface area contributed by atoms with Crippen molar-refractivity contribution in [2.75, 3.05) is 13.2 Å². The highest BCUT2D eigenvalue weighted by Gasteiger charge is 2.31. The van der Waals surface area contributed by atoms with Crippen molar-refractivity contribution in [3.63, 3.8) is 0 Å². The Morgan fingerprint density at radius 2 is 1.77 bits per heavy atom. The summed E-state index contributed by atoms with van der Waals surface area (Å²) in [5.74, 6) is -0.718. The predicted octanol–water partition coefficient (Wildman–Crippen LogP) is 5.41. The third kappa shape index (κ3) is 8.11. The summed E-state index contributed by atoms with van der Waals surface area (Å²) in [4.78, 5) is 28.2. The van der Waals surface area contributed by atoms with E-state index in [9.17, 15) is 14.0 Å². The zero-order chi connectivity index (χ0) is 25.0. The number of hydrogen-bond donors (Lipinski definition) is 1. The minimum absolute atomic E-state index is 0.0664. The molecule has 5 nitrogen and oxygen atoms in total. The van der Waals surface area contributed by atoms with Crippen LogP contribution in [0.15, 0.2) is 78.9 Å². The monoisotopic (exact) mass is 496 g/mol. The number of benzene rings is 3. The Morgan fingerprint density at radius 3 is 2.49 bits per heavy atom. The lowest BCUT2D eigenvalue weighted by atomic mass is 10.0. The molecular weight excluding hydrogens is 467 g/mol. The fourth-order valence-electron chi connectivity index (χ4n) is 3.66. The number of halogens is 2. The highest BCUT2D eigenvalue weighted by atomic mass is 35.5. The number of carbonyl (C=O) groups excluding carboxylic acids is 2. The first kappa shape index (κ1) is 26.2. The average molecular weight is 497 g/mol. The highest BCUT2D eigenvalue weighted by molar-refractivity contribution is 6.30. The van der Waals surface area contributed by atoms with E-state index >= 15 is 0 Å². The fraction of sp³-hybridized carbons (Fsp3) is 0.286. The Bertz CT molecular complexity index is 1110. The Balaban J connectivity index is 1.89. The molecule has 3 rings (SSSR count). The number of unbranched alkanes of at least 4 members (excludes halogenated alkanes) is 1. The quantitative estimate of drug-likeness (QED) is 0.341. The molecule has 35 heavy (non-hydrogen) atoms. The summed E-state index contributed by atoms with van der Waals surface area (Å²) in [5.41, 5.74) is 1.22. The van der Waals surface area contributed by atoms with E-state index in [2.05, 4.69) is 5.32 Å². The summed E-state index contributed by atoms with van der Waals surface area (Å²) in [6.45, 7) is 2.15. The number of amides is 2. The van der Waals surface area contributed by atoms with Gasteiger partial charge in [0, 0.05) is 30.1 Å². The van der Waals surface area contributed by atoms with Crippen molar-refractivity contribution in [1.29, 1.82) is 0 Å². The Hall–Kier alpha value is -3.38. The molecule has 1 unspecified atom stereocenters. The first-order chi connectivity index (χ1) is 17.0. The molecular formula is C28H30ClFN2O3. The molecule has 3 aromatic carbocycles. The van der Waals surface area contributed by atoms with Gasteiger partial charge < -0.3 is 15.0 Å². The minimum atomic E-state index is -0.843. The van der Waals surface area contributed by atoms with Gasteiger partial charge in [-0.1, -0.05) is 79.5 Å². The second-order valence-corrected chi connectivity index (χ2v) is 8.65. The van der Waals surface area contributed by atoms with Gasteiger partial charge in [0.25, 0.3) is 5.91 Å². The van der Waals surface area contributed by atoms with E-state index in [0.29, 0.717) is 22.9 Å². The number of carbonyl (C=O) groups is 2. The van der Waals surface area contributed by atoms with E-state index < -0.39 is 17.8 Å². The summed E-state index contributed by atoms with van der Waals surface area (Å²) in [7, 11) is 0. The number of rotatable bonds is 12. The second kappa shape index (κ2) is 13.5. The third-order valence-electron chi connectivity index (χ3n) is 5.56. The van der Waals surface area contributed by atoms with Gasteiger partial charge in [0.2, 0.25) is 5.91 Å². The summed E-state index contributed by atoms with van der Waals surface area (Å²) in [6.07, 6.45) is 2.04. The van der Waals surface area contributed by atoms with Gasteiger partial charge in [-0.15, -0.1) is 0 Å². The van der Waals surface area contributed by atoms with Crippen LogP contribution in [0.2, 0.25) is 5.02 Å². The molecule has 0 bridgehead atoms. The maximum Gasteiger partial charge on any atom is 0.261 e. The van der Waals surface area contributed by atoms with Gasteiger partial charge in [-0.3, -0.25) is 9.59 Å². The summed E-state index contributed by atoms with van der Waals surface area (Å²) >= 11 is 6.02. The van der Waals surface area contributed by atoms with Crippen molar-refractivity contribution in [2.45, 2.75) is 38.8 Å². The maximum absolute atomic E-state index is 14.6. The van der Waals surface area contributed by atoms with Gasteiger partial charge in [0.15, 0.2) is 6.61 Å². The molecule has 2 amide bonds. The van der Waals surface area contributed by atoms with E-state index in [-0.39, 0.29) is 25.5 Å². The van der Waals surface area contributed by atoms with E-state index in [4.69, 9.17) is 16.3 Å². The largest absolute Gasteiger partial charge is 0.484 e. The molecule has 0 fully saturated rings. The second-order valence-electron chi connectivity index (χ2n) is 8.21. The molecule has 1 atom stereocenters. The minimum Gasteiger partial charge on any atom is -0.484 e. The molecule has 1 N–H and O–H groups in total. The topological polar surface area (TPSA) is 58.6 Å². The lowest BCUT2D eigenvalue weighted by molar-refractivity contribution is -0.142. The standard InChI is InChI=1S/C28H30ClFN2O3/c1-2-3-16-31-28(34)26(17-21-10-5-4-6-11-21)32(19-22-12-7-8-15-25(22)30)27(33)20-35-24-14-9-13-23(29)18-24/h4-15,18,26H,2-3,16-17,19-20H2,1H3,(H,31,34). The SMILES string of the molecule is CCCCNC(=O)C(Cc1ccccc1)N(Cc1ccccc1F)C(=O)COc1cccc(Cl)c1. The van der Waals surface area contributed by atoms with E-state index in [1.807, 2.05) is 37.3 Å². The van der Waals surface area contributed by atoms with Gasteiger partial charge in [0.1, 0.15) is 17.6 Å². The molecule has 0 saturated heterocycles.